The lowest BCUT2D eigenvalue weighted by Gasteiger charge is -2.50. The summed E-state index contributed by atoms with van der Waals surface area (Å²) in [5, 5.41) is 35.6. The lowest BCUT2D eigenvalue weighted by atomic mass is 9.68. The fraction of sp³-hybridized carbons (Fsp3) is 0.729. The molecule has 11 nitrogen and oxygen atoms in total. The zero-order valence-electron chi connectivity index (χ0n) is 36.7. The second-order valence-corrected chi connectivity index (χ2v) is 18.5. The molecule has 11 heteroatoms. The van der Waals surface area contributed by atoms with Crippen molar-refractivity contribution in [2.75, 3.05) is 13.7 Å². The van der Waals surface area contributed by atoms with Crippen molar-refractivity contribution in [1.82, 2.24) is 4.90 Å². The molecular weight excluding hydrogens is 751 g/mol. The van der Waals surface area contributed by atoms with Crippen LogP contribution in [0.4, 0.5) is 0 Å². The molecule has 3 fully saturated rings. The number of fused-ring (bicyclic) bond motifs is 2. The summed E-state index contributed by atoms with van der Waals surface area (Å²) < 4.78 is 11.8. The molecule has 1 unspecified atom stereocenters. The van der Waals surface area contributed by atoms with Gasteiger partial charge in [-0.05, 0) is 101 Å². The molecule has 2 N–H and O–H groups in total. The molecule has 1 amide bonds. The Bertz CT molecular complexity index is 1590. The SMILES string of the molecule is CO[C@H]1CCC[C@@H](C[C@H]2C3CCCN4C(=O)C(=O)[C@@]([O-])(O)[C@H](C)CCCCC/C(C)=C/C=C/C=C/[C@@H](C)C[C@@H](C)C(=O)C[C@H](O)/C(C)=C/[C@@H](C)C(=O)C[C@@H]2OC(=O)[C@H]34)C1. The van der Waals surface area contributed by atoms with E-state index in [2.05, 4.69) is 13.0 Å². The average Bonchev–Trinajstić information content (AvgIpc) is 3.20. The summed E-state index contributed by atoms with van der Waals surface area (Å²) in [5.41, 5.74) is 1.70. The topological polar surface area (TPSA) is 171 Å². The van der Waals surface area contributed by atoms with Crippen molar-refractivity contribution in [3.8, 4) is 0 Å². The minimum atomic E-state index is -3.15. The van der Waals surface area contributed by atoms with Gasteiger partial charge in [0.2, 0.25) is 5.78 Å². The van der Waals surface area contributed by atoms with Crippen LogP contribution < -0.4 is 5.11 Å². The lowest BCUT2D eigenvalue weighted by Crippen LogP contribution is -2.66. The second-order valence-electron chi connectivity index (χ2n) is 18.5. The maximum atomic E-state index is 14.0. The Hall–Kier alpha value is -3.25. The van der Waals surface area contributed by atoms with E-state index in [1.807, 2.05) is 38.2 Å². The van der Waals surface area contributed by atoms with Crippen molar-refractivity contribution >= 4 is 29.2 Å². The first kappa shape index (κ1) is 48.4. The molecule has 0 spiro atoms. The molecule has 4 aliphatic rings. The van der Waals surface area contributed by atoms with Gasteiger partial charge in [-0.2, -0.15) is 0 Å². The van der Waals surface area contributed by atoms with Crippen molar-refractivity contribution in [1.29, 1.82) is 0 Å². The number of amides is 1. The normalized spacial score (nSPS) is 40.2. The highest BCUT2D eigenvalue weighted by Crippen LogP contribution is 2.44. The molecule has 59 heavy (non-hydrogen) atoms. The zero-order chi connectivity index (χ0) is 43.4. The Morgan fingerprint density at radius 1 is 0.881 bits per heavy atom. The minimum absolute atomic E-state index is 0.0463. The first-order valence-corrected chi connectivity index (χ1v) is 22.4. The number of carbonyl (C=O) groups is 5. The number of hydrogen-bond acceptors (Lipinski definition) is 10. The van der Waals surface area contributed by atoms with Gasteiger partial charge in [0.1, 0.15) is 23.7 Å². The largest absolute Gasteiger partial charge is 0.822 e. The predicted molar refractivity (Wildman–Crippen MR) is 224 cm³/mol. The highest BCUT2D eigenvalue weighted by atomic mass is 16.5. The van der Waals surface area contributed by atoms with Crippen LogP contribution in [0.3, 0.4) is 0 Å². The van der Waals surface area contributed by atoms with Crippen LogP contribution in [0.5, 0.6) is 0 Å². The smallest absolute Gasteiger partial charge is 0.329 e. The number of hydrogen-bond donors (Lipinski definition) is 2. The van der Waals surface area contributed by atoms with E-state index in [0.717, 1.165) is 49.8 Å². The van der Waals surface area contributed by atoms with Crippen LogP contribution in [-0.2, 0) is 33.4 Å². The van der Waals surface area contributed by atoms with Crippen LogP contribution in [0.15, 0.2) is 47.6 Å². The van der Waals surface area contributed by atoms with E-state index in [1.165, 1.54) is 12.5 Å². The molecule has 2 saturated heterocycles. The van der Waals surface area contributed by atoms with Gasteiger partial charge < -0.3 is 29.7 Å². The molecule has 3 heterocycles. The summed E-state index contributed by atoms with van der Waals surface area (Å²) in [6.45, 7) is 11.0. The van der Waals surface area contributed by atoms with Gasteiger partial charge in [0, 0.05) is 44.2 Å². The minimum Gasteiger partial charge on any atom is -0.822 e. The number of esters is 1. The number of methoxy groups -OCH3 is 1. The van der Waals surface area contributed by atoms with E-state index in [9.17, 15) is 39.3 Å². The van der Waals surface area contributed by atoms with E-state index in [-0.39, 0.29) is 67.1 Å². The summed E-state index contributed by atoms with van der Waals surface area (Å²) in [7, 11) is 1.70. The molecule has 0 aromatic heterocycles. The van der Waals surface area contributed by atoms with E-state index < -0.39 is 59.5 Å². The number of aliphatic hydroxyl groups excluding tert-OH is 1. The van der Waals surface area contributed by atoms with Crippen LogP contribution in [0.1, 0.15) is 138 Å². The van der Waals surface area contributed by atoms with Crippen LogP contribution in [-0.4, -0.2) is 88.1 Å². The van der Waals surface area contributed by atoms with E-state index >= 15 is 0 Å². The molecule has 3 aliphatic heterocycles. The van der Waals surface area contributed by atoms with E-state index in [0.29, 0.717) is 37.7 Å². The Labute approximate surface area is 352 Å². The highest BCUT2D eigenvalue weighted by molar-refractivity contribution is 6.39. The second kappa shape index (κ2) is 22.6. The Morgan fingerprint density at radius 2 is 1.63 bits per heavy atom. The first-order chi connectivity index (χ1) is 27.9. The highest BCUT2D eigenvalue weighted by Gasteiger charge is 2.53. The van der Waals surface area contributed by atoms with Gasteiger partial charge in [-0.3, -0.25) is 19.2 Å². The molecule has 2 bridgehead atoms. The standard InChI is InChI=1S/C48H72NO10/c1-30-16-10-8-12-18-31(2)24-32(3)40(50)28-41(51)33(4)25-34(5)42(52)29-43-39(27-36-20-14-21-37(26-36)58-7)38-22-15-23-49(44(38)47(55)59-43)46(54)45(53)48(56,57)35(6)19-13-9-11-17-30/h8,10,12,16,18,25,31-32,34-39,41,43-44,51,56H,9,11,13-15,17,19-24,26-29H2,1-7H3/q-1/b10-8+,18-12+,30-16+,33-25+/t31-,32-,34-,35-,36-,37+,38?,39+,41+,43+,44+,48-/m1/s1. The summed E-state index contributed by atoms with van der Waals surface area (Å²) in [6, 6.07) is -1.12. The number of rotatable bonds is 3. The van der Waals surface area contributed by atoms with Gasteiger partial charge in [-0.15, -0.1) is 0 Å². The number of piperidine rings is 1. The van der Waals surface area contributed by atoms with Crippen molar-refractivity contribution in [2.45, 2.75) is 168 Å². The fourth-order valence-corrected chi connectivity index (χ4v) is 9.82. The average molecular weight is 823 g/mol. The van der Waals surface area contributed by atoms with E-state index in [4.69, 9.17) is 9.47 Å². The monoisotopic (exact) mass is 823 g/mol. The third-order valence-electron chi connectivity index (χ3n) is 13.7. The van der Waals surface area contributed by atoms with Gasteiger partial charge in [0.05, 0.1) is 18.0 Å². The van der Waals surface area contributed by atoms with Crippen LogP contribution in [0.2, 0.25) is 0 Å². The maximum absolute atomic E-state index is 14.0. The maximum Gasteiger partial charge on any atom is 0.329 e. The third-order valence-corrected chi connectivity index (χ3v) is 13.7. The number of ether oxygens (including phenoxy) is 2. The van der Waals surface area contributed by atoms with Gasteiger partial charge in [-0.1, -0.05) is 95.4 Å². The van der Waals surface area contributed by atoms with Crippen molar-refractivity contribution in [2.24, 2.45) is 41.4 Å². The summed E-state index contributed by atoms with van der Waals surface area (Å²) in [4.78, 5) is 69.7. The number of ketones is 3. The van der Waals surface area contributed by atoms with Crippen molar-refractivity contribution < 1.29 is 48.8 Å². The van der Waals surface area contributed by atoms with Gasteiger partial charge in [-0.25, -0.2) is 4.79 Å². The summed E-state index contributed by atoms with van der Waals surface area (Å²) >= 11 is 0. The van der Waals surface area contributed by atoms with E-state index in [1.54, 1.807) is 27.0 Å². The quantitative estimate of drug-likeness (QED) is 0.138. The number of Topliss-reactive ketones (excluding diaryl/α,β-unsaturated/α-hetero) is 3. The van der Waals surface area contributed by atoms with Gasteiger partial charge in [0.15, 0.2) is 0 Å². The molecule has 0 radical (unpaired) electrons. The van der Waals surface area contributed by atoms with Crippen LogP contribution >= 0.6 is 0 Å². The Balaban J connectivity index is 1.62. The fourth-order valence-electron chi connectivity index (χ4n) is 9.82. The number of carbonyl (C=O) groups excluding carboxylic acids is 5. The van der Waals surface area contributed by atoms with Gasteiger partial charge in [0.25, 0.3) is 5.91 Å². The van der Waals surface area contributed by atoms with Gasteiger partial charge >= 0.3 is 5.97 Å². The number of aliphatic hydroxyl groups is 2. The molecule has 1 saturated carbocycles. The molecular formula is C48H72NO10-. The molecule has 4 rings (SSSR count). The lowest BCUT2D eigenvalue weighted by molar-refractivity contribution is -0.536. The molecule has 0 aromatic carbocycles. The number of nitrogens with zero attached hydrogens (tertiary/aromatic N) is 1. The zero-order valence-corrected chi connectivity index (χ0v) is 36.7. The summed E-state index contributed by atoms with van der Waals surface area (Å²) in [6.07, 6.45) is 19.2. The predicted octanol–water partition coefficient (Wildman–Crippen LogP) is 6.53. The first-order valence-electron chi connectivity index (χ1n) is 22.4. The Kier molecular flexibility index (Phi) is 18.5. The van der Waals surface area contributed by atoms with Crippen LogP contribution in [0, 0.1) is 41.4 Å². The van der Waals surface area contributed by atoms with Crippen molar-refractivity contribution in [3.63, 3.8) is 0 Å². The van der Waals surface area contributed by atoms with Crippen LogP contribution in [0.25, 0.3) is 0 Å². The molecule has 330 valence electrons. The number of allylic oxidation sites excluding steroid dienone is 7. The summed E-state index contributed by atoms with van der Waals surface area (Å²) in [5.74, 6) is -9.00. The molecule has 0 aromatic rings. The molecule has 12 atom stereocenters. The molecule has 1 aliphatic carbocycles. The Morgan fingerprint density at radius 3 is 2.36 bits per heavy atom. The van der Waals surface area contributed by atoms with Crippen molar-refractivity contribution in [3.05, 3.63) is 47.6 Å². The third kappa shape index (κ3) is 13.4.